The van der Waals surface area contributed by atoms with Gasteiger partial charge in [0.15, 0.2) is 8.07 Å². The van der Waals surface area contributed by atoms with E-state index < -0.39 is 8.07 Å². The molecule has 0 aliphatic rings. The molecule has 0 radical (unpaired) electrons. The first-order valence-corrected chi connectivity index (χ1v) is 28.3. The lowest BCUT2D eigenvalue weighted by atomic mass is 10.0. The topological polar surface area (TPSA) is 14.8 Å². The number of hydrogen-bond acceptors (Lipinski definition) is 0. The second-order valence-corrected chi connectivity index (χ2v) is 23.8. The van der Waals surface area contributed by atoms with Crippen LogP contribution in [-0.2, 0) is 0 Å². The number of hydrogen-bond donors (Lipinski definition) is 0. The zero-order valence-electron chi connectivity index (χ0n) is 41.6. The fourth-order valence-electron chi connectivity index (χ4n) is 12.7. The summed E-state index contributed by atoms with van der Waals surface area (Å²) in [5, 5.41) is 12.8. The van der Waals surface area contributed by atoms with Crippen LogP contribution >= 0.6 is 0 Å². The average molecular weight is 984 g/mol. The molecule has 0 unspecified atom stereocenters. The Morgan fingerprint density at radius 2 is 0.605 bits per heavy atom. The van der Waals surface area contributed by atoms with Gasteiger partial charge in [0, 0.05) is 49.4 Å². The first-order chi connectivity index (χ1) is 37.7. The molecule has 76 heavy (non-hydrogen) atoms. The predicted octanol–water partition coefficient (Wildman–Crippen LogP) is 15.7. The number of nitrogens with zero attached hydrogens (tertiary/aromatic N) is 3. The molecule has 0 bridgehead atoms. The Morgan fingerprint density at radius 1 is 0.211 bits per heavy atom. The molecule has 0 atom stereocenters. The van der Waals surface area contributed by atoms with Gasteiger partial charge in [0.1, 0.15) is 0 Å². The Bertz CT molecular complexity index is 4630. The van der Waals surface area contributed by atoms with Gasteiger partial charge in [0.2, 0.25) is 0 Å². The highest BCUT2D eigenvalue weighted by Gasteiger charge is 2.42. The summed E-state index contributed by atoms with van der Waals surface area (Å²) >= 11 is 0. The Hall–Kier alpha value is -9.74. The maximum Gasteiger partial charge on any atom is 0.179 e. The van der Waals surface area contributed by atoms with Crippen LogP contribution in [0.5, 0.6) is 0 Å². The third kappa shape index (κ3) is 6.74. The standard InChI is InChI=1S/C72H49N3Si/c1-6-24-54(25-7-1)73-66-38-18-17-37-62(66)65-48-52(41-44-68(65)73)50-22-20-34-59(46-50)76(57-30-12-4-13-31-57,58-32-14-5-15-33-58)60-35-21-23-51(47-60)53-40-42-64-70(49-53)74(55-26-8-2-9-27-55)69-45-43-63-61-36-16-19-39-67(61)75(72(63)71(64)69)56-28-10-3-11-29-56/h1-49H. The van der Waals surface area contributed by atoms with E-state index in [0.717, 1.165) is 17.1 Å². The molecule has 0 aliphatic carbocycles. The minimum absolute atomic E-state index is 1.13. The van der Waals surface area contributed by atoms with Gasteiger partial charge in [-0.1, -0.05) is 224 Å². The van der Waals surface area contributed by atoms with Crippen molar-refractivity contribution in [2.24, 2.45) is 0 Å². The predicted molar refractivity (Wildman–Crippen MR) is 324 cm³/mol. The molecule has 0 fully saturated rings. The van der Waals surface area contributed by atoms with E-state index in [4.69, 9.17) is 0 Å². The van der Waals surface area contributed by atoms with Crippen LogP contribution in [0.3, 0.4) is 0 Å². The Balaban J connectivity index is 0.940. The summed E-state index contributed by atoms with van der Waals surface area (Å²) in [7, 11) is -3.01. The van der Waals surface area contributed by atoms with Crippen molar-refractivity contribution in [2.75, 3.05) is 0 Å². The first-order valence-electron chi connectivity index (χ1n) is 26.3. The normalized spacial score (nSPS) is 11.9. The molecule has 0 saturated carbocycles. The number of aromatic nitrogens is 3. The van der Waals surface area contributed by atoms with E-state index in [1.54, 1.807) is 0 Å². The van der Waals surface area contributed by atoms with Gasteiger partial charge in [-0.25, -0.2) is 0 Å². The summed E-state index contributed by atoms with van der Waals surface area (Å²) in [6.07, 6.45) is 0. The van der Waals surface area contributed by atoms with Crippen LogP contribution in [-0.4, -0.2) is 21.8 Å². The van der Waals surface area contributed by atoms with E-state index in [0.29, 0.717) is 0 Å². The molecule has 0 amide bonds. The van der Waals surface area contributed by atoms with Crippen molar-refractivity contribution >= 4 is 94.2 Å². The number of para-hydroxylation sites is 5. The lowest BCUT2D eigenvalue weighted by Gasteiger charge is -2.35. The van der Waals surface area contributed by atoms with Gasteiger partial charge in [-0.15, -0.1) is 0 Å². The largest absolute Gasteiger partial charge is 0.309 e. The van der Waals surface area contributed by atoms with Crippen LogP contribution in [0.15, 0.2) is 297 Å². The van der Waals surface area contributed by atoms with E-state index >= 15 is 0 Å². The summed E-state index contributed by atoms with van der Waals surface area (Å²) < 4.78 is 7.33. The quantitative estimate of drug-likeness (QED) is 0.101. The molecule has 0 N–H and O–H groups in total. The maximum absolute atomic E-state index is 3.01. The van der Waals surface area contributed by atoms with Crippen LogP contribution in [0.4, 0.5) is 0 Å². The smallest absolute Gasteiger partial charge is 0.179 e. The third-order valence-electron chi connectivity index (χ3n) is 16.0. The second kappa shape index (κ2) is 17.7. The molecule has 3 heterocycles. The minimum atomic E-state index is -3.01. The molecule has 3 nitrogen and oxygen atoms in total. The molecule has 0 aliphatic heterocycles. The molecule has 12 aromatic carbocycles. The highest BCUT2D eigenvalue weighted by Crippen LogP contribution is 2.43. The lowest BCUT2D eigenvalue weighted by Crippen LogP contribution is -2.74. The van der Waals surface area contributed by atoms with Crippen LogP contribution in [0.25, 0.3) is 105 Å². The summed E-state index contributed by atoms with van der Waals surface area (Å²) in [6.45, 7) is 0. The molecular weight excluding hydrogens is 935 g/mol. The van der Waals surface area contributed by atoms with Gasteiger partial charge in [0.25, 0.3) is 0 Å². The van der Waals surface area contributed by atoms with Crippen molar-refractivity contribution in [3.05, 3.63) is 297 Å². The Morgan fingerprint density at radius 3 is 1.18 bits per heavy atom. The third-order valence-corrected chi connectivity index (χ3v) is 20.7. The van der Waals surface area contributed by atoms with Gasteiger partial charge < -0.3 is 13.7 Å². The zero-order chi connectivity index (χ0) is 50.2. The first kappa shape index (κ1) is 43.8. The molecule has 3 aromatic heterocycles. The molecule has 15 aromatic rings. The summed E-state index contributed by atoms with van der Waals surface area (Å²) in [5.41, 5.74) is 15.4. The molecule has 4 heteroatoms. The SMILES string of the molecule is c1ccc(-n2c3ccccc3c3cc(-c4cccc([Si](c5ccccc5)(c5ccccc5)c5cccc(-c6ccc7c8c(ccc9c%10ccccc%10n(-c%10ccccc%10)c98)n(-c8ccccc8)c7c6)c5)c4)ccc32)cc1. The molecule has 0 saturated heterocycles. The van der Waals surface area contributed by atoms with Crippen molar-refractivity contribution in [3.63, 3.8) is 0 Å². The average Bonchev–Trinajstić information content (AvgIpc) is 4.18. The van der Waals surface area contributed by atoms with Crippen LogP contribution < -0.4 is 20.7 Å². The Kier molecular flexibility index (Phi) is 10.2. The van der Waals surface area contributed by atoms with Crippen LogP contribution in [0.1, 0.15) is 0 Å². The zero-order valence-corrected chi connectivity index (χ0v) is 42.6. The van der Waals surface area contributed by atoms with Crippen molar-refractivity contribution < 1.29 is 0 Å². The summed E-state index contributed by atoms with van der Waals surface area (Å²) in [5.74, 6) is 0. The van der Waals surface area contributed by atoms with E-state index in [-0.39, 0.29) is 0 Å². The monoisotopic (exact) mass is 983 g/mol. The lowest BCUT2D eigenvalue weighted by molar-refractivity contribution is 1.17. The van der Waals surface area contributed by atoms with E-state index in [9.17, 15) is 0 Å². The van der Waals surface area contributed by atoms with Crippen LogP contribution in [0, 0.1) is 0 Å². The number of rotatable bonds is 9. The number of benzene rings is 12. The summed E-state index contributed by atoms with van der Waals surface area (Å²) in [6, 6.07) is 110. The van der Waals surface area contributed by atoms with Gasteiger partial charge in [-0.3, -0.25) is 0 Å². The highest BCUT2D eigenvalue weighted by molar-refractivity contribution is 7.20. The molecule has 15 rings (SSSR count). The highest BCUT2D eigenvalue weighted by atomic mass is 28.3. The van der Waals surface area contributed by atoms with Gasteiger partial charge in [-0.05, 0) is 116 Å². The molecule has 356 valence electrons. The van der Waals surface area contributed by atoms with E-state index in [2.05, 4.69) is 311 Å². The van der Waals surface area contributed by atoms with E-state index in [1.165, 1.54) is 108 Å². The van der Waals surface area contributed by atoms with Gasteiger partial charge in [-0.2, -0.15) is 0 Å². The maximum atomic E-state index is 2.51. The fourth-order valence-corrected chi connectivity index (χ4v) is 17.5. The van der Waals surface area contributed by atoms with Crippen molar-refractivity contribution in [3.8, 4) is 39.3 Å². The summed E-state index contributed by atoms with van der Waals surface area (Å²) in [4.78, 5) is 0. The second-order valence-electron chi connectivity index (χ2n) is 20.0. The molecular formula is C72H49N3Si. The van der Waals surface area contributed by atoms with Crippen molar-refractivity contribution in [1.82, 2.24) is 13.7 Å². The minimum Gasteiger partial charge on any atom is -0.309 e. The van der Waals surface area contributed by atoms with E-state index in [1.807, 2.05) is 0 Å². The van der Waals surface area contributed by atoms with Crippen LogP contribution in [0.2, 0.25) is 0 Å². The number of fused-ring (bicyclic) bond motifs is 10. The van der Waals surface area contributed by atoms with Gasteiger partial charge in [0.05, 0.1) is 33.1 Å². The molecule has 0 spiro atoms. The van der Waals surface area contributed by atoms with Crippen molar-refractivity contribution in [1.29, 1.82) is 0 Å². The fraction of sp³-hybridized carbons (Fsp3) is 0. The van der Waals surface area contributed by atoms with Gasteiger partial charge >= 0.3 is 0 Å². The Labute approximate surface area is 442 Å². The van der Waals surface area contributed by atoms with Crippen molar-refractivity contribution in [2.45, 2.75) is 0 Å².